The molecule has 0 aromatic rings. The van der Waals surface area contributed by atoms with Gasteiger partial charge in [-0.05, 0) is 122 Å². The van der Waals surface area contributed by atoms with Gasteiger partial charge in [0.25, 0.3) is 0 Å². The second-order valence-electron chi connectivity index (χ2n) is 23.4. The van der Waals surface area contributed by atoms with E-state index in [0.29, 0.717) is 19.3 Å². The van der Waals surface area contributed by atoms with Gasteiger partial charge in [0.1, 0.15) is 13.2 Å². The Bertz CT molecular complexity index is 1530. The van der Waals surface area contributed by atoms with Gasteiger partial charge in [-0.25, -0.2) is 0 Å². The zero-order chi connectivity index (χ0) is 58.5. The second kappa shape index (κ2) is 69.1. The van der Waals surface area contributed by atoms with Crippen molar-refractivity contribution in [2.24, 2.45) is 0 Å². The number of carbonyl (C=O) groups excluding carboxylic acids is 3. The average Bonchev–Trinajstić information content (AvgIpc) is 3.47. The Morgan fingerprint density at radius 2 is 0.444 bits per heavy atom. The van der Waals surface area contributed by atoms with Crippen LogP contribution >= 0.6 is 0 Å². The fourth-order valence-corrected chi connectivity index (χ4v) is 10.0. The molecule has 1 unspecified atom stereocenters. The van der Waals surface area contributed by atoms with Gasteiger partial charge >= 0.3 is 17.9 Å². The summed E-state index contributed by atoms with van der Waals surface area (Å²) >= 11 is 0. The summed E-state index contributed by atoms with van der Waals surface area (Å²) in [6.07, 6.45) is 91.6. The molecule has 81 heavy (non-hydrogen) atoms. The average molecular weight is 1130 g/mol. The molecular weight excluding hydrogens is 997 g/mol. The van der Waals surface area contributed by atoms with Crippen LogP contribution in [-0.2, 0) is 28.6 Å². The third-order valence-electron chi connectivity index (χ3n) is 15.3. The van der Waals surface area contributed by atoms with Gasteiger partial charge in [-0.3, -0.25) is 14.4 Å². The molecule has 0 radical (unpaired) electrons. The van der Waals surface area contributed by atoms with Gasteiger partial charge in [-0.2, -0.15) is 0 Å². The minimum atomic E-state index is -0.789. The predicted molar refractivity (Wildman–Crippen MR) is 353 cm³/mol. The van der Waals surface area contributed by atoms with Crippen LogP contribution in [0.15, 0.2) is 85.1 Å². The molecule has 0 bridgehead atoms. The van der Waals surface area contributed by atoms with Gasteiger partial charge in [0.05, 0.1) is 0 Å². The van der Waals surface area contributed by atoms with Gasteiger partial charge in [0.2, 0.25) is 0 Å². The summed E-state index contributed by atoms with van der Waals surface area (Å²) in [7, 11) is 0. The van der Waals surface area contributed by atoms with Gasteiger partial charge in [-0.15, -0.1) is 0 Å². The molecule has 0 saturated carbocycles. The number of esters is 3. The smallest absolute Gasteiger partial charge is 0.306 e. The molecule has 0 aliphatic heterocycles. The molecule has 0 amide bonds. The molecular formula is C75H132O6. The minimum absolute atomic E-state index is 0.0829. The van der Waals surface area contributed by atoms with Gasteiger partial charge in [0.15, 0.2) is 6.10 Å². The Morgan fingerprint density at radius 3 is 0.716 bits per heavy atom. The van der Waals surface area contributed by atoms with Crippen LogP contribution in [-0.4, -0.2) is 37.2 Å². The first-order chi connectivity index (χ1) is 40.0. The van der Waals surface area contributed by atoms with Crippen LogP contribution < -0.4 is 0 Å². The van der Waals surface area contributed by atoms with E-state index in [2.05, 4.69) is 106 Å². The molecule has 0 heterocycles. The molecule has 0 saturated heterocycles. The summed E-state index contributed by atoms with van der Waals surface area (Å²) in [4.78, 5) is 38.5. The fraction of sp³-hybridized carbons (Fsp3) is 0.773. The molecule has 0 aliphatic rings. The Labute approximate surface area is 503 Å². The summed E-state index contributed by atoms with van der Waals surface area (Å²) in [6.45, 7) is 6.62. The molecule has 468 valence electrons. The van der Waals surface area contributed by atoms with Crippen molar-refractivity contribution in [1.82, 2.24) is 0 Å². The normalized spacial score (nSPS) is 12.6. The number of rotatable bonds is 64. The maximum absolute atomic E-state index is 13.0. The molecule has 0 aromatic heterocycles. The summed E-state index contributed by atoms with van der Waals surface area (Å²) < 4.78 is 17.0. The lowest BCUT2D eigenvalue weighted by Crippen LogP contribution is -2.30. The Morgan fingerprint density at radius 1 is 0.247 bits per heavy atom. The van der Waals surface area contributed by atoms with Crippen LogP contribution in [0.25, 0.3) is 0 Å². The number of hydrogen-bond acceptors (Lipinski definition) is 6. The molecule has 6 nitrogen and oxygen atoms in total. The van der Waals surface area contributed by atoms with Crippen molar-refractivity contribution < 1.29 is 28.6 Å². The number of ether oxygens (including phenoxy) is 3. The quantitative estimate of drug-likeness (QED) is 0.0261. The van der Waals surface area contributed by atoms with Crippen molar-refractivity contribution >= 4 is 17.9 Å². The van der Waals surface area contributed by atoms with Gasteiger partial charge in [-0.1, -0.05) is 298 Å². The highest BCUT2D eigenvalue weighted by molar-refractivity contribution is 5.71. The molecule has 0 rings (SSSR count). The fourth-order valence-electron chi connectivity index (χ4n) is 10.0. The van der Waals surface area contributed by atoms with Crippen molar-refractivity contribution in [3.8, 4) is 0 Å². The topological polar surface area (TPSA) is 78.9 Å². The lowest BCUT2D eigenvalue weighted by Gasteiger charge is -2.18. The monoisotopic (exact) mass is 1130 g/mol. The van der Waals surface area contributed by atoms with Crippen molar-refractivity contribution in [3.63, 3.8) is 0 Å². The second-order valence-corrected chi connectivity index (χ2v) is 23.4. The number of carbonyl (C=O) groups is 3. The molecule has 1 atom stereocenters. The maximum atomic E-state index is 13.0. The van der Waals surface area contributed by atoms with E-state index in [1.54, 1.807) is 0 Å². The zero-order valence-electron chi connectivity index (χ0n) is 53.8. The zero-order valence-corrected chi connectivity index (χ0v) is 53.8. The highest BCUT2D eigenvalue weighted by Gasteiger charge is 2.19. The van der Waals surface area contributed by atoms with Gasteiger partial charge in [0, 0.05) is 19.3 Å². The van der Waals surface area contributed by atoms with E-state index >= 15 is 0 Å². The SMILES string of the molecule is CCCCC/C=C\C/C=C\CCCCCCCCCCCC(=O)OCC(COC(=O)CCCCCCCCCCCCC/C=C\C/C=C\CCCCCCC)OC(=O)CCCCCCCC/C=C\C/C=C\C/C=C\CCCCCCC. The number of allylic oxidation sites excluding steroid dienone is 14. The first-order valence-electron chi connectivity index (χ1n) is 35.1. The Kier molecular flexibility index (Phi) is 66.2. The predicted octanol–water partition coefficient (Wildman–Crippen LogP) is 24.2. The lowest BCUT2D eigenvalue weighted by molar-refractivity contribution is -0.167. The Hall–Kier alpha value is -3.41. The summed E-state index contributed by atoms with van der Waals surface area (Å²) in [5.74, 6) is -0.884. The summed E-state index contributed by atoms with van der Waals surface area (Å²) in [6, 6.07) is 0. The van der Waals surface area contributed by atoms with Crippen LogP contribution in [0, 0.1) is 0 Å². The van der Waals surface area contributed by atoms with Crippen molar-refractivity contribution in [2.45, 2.75) is 361 Å². The van der Waals surface area contributed by atoms with E-state index in [1.807, 2.05) is 0 Å². The molecule has 6 heteroatoms. The molecule has 0 aromatic carbocycles. The van der Waals surface area contributed by atoms with Crippen LogP contribution in [0.2, 0.25) is 0 Å². The van der Waals surface area contributed by atoms with E-state index in [9.17, 15) is 14.4 Å². The third kappa shape index (κ3) is 67.3. The molecule has 0 aliphatic carbocycles. The lowest BCUT2D eigenvalue weighted by atomic mass is 10.0. The summed E-state index contributed by atoms with van der Waals surface area (Å²) in [5, 5.41) is 0. The van der Waals surface area contributed by atoms with Crippen molar-refractivity contribution in [2.75, 3.05) is 13.2 Å². The first kappa shape index (κ1) is 77.6. The van der Waals surface area contributed by atoms with Crippen molar-refractivity contribution in [3.05, 3.63) is 85.1 Å². The number of hydrogen-bond donors (Lipinski definition) is 0. The van der Waals surface area contributed by atoms with Crippen molar-refractivity contribution in [1.29, 1.82) is 0 Å². The van der Waals surface area contributed by atoms with E-state index in [4.69, 9.17) is 14.2 Å². The largest absolute Gasteiger partial charge is 0.462 e. The van der Waals surface area contributed by atoms with Crippen LogP contribution in [0.1, 0.15) is 355 Å². The third-order valence-corrected chi connectivity index (χ3v) is 15.3. The summed E-state index contributed by atoms with van der Waals surface area (Å²) in [5.41, 5.74) is 0. The highest BCUT2D eigenvalue weighted by Crippen LogP contribution is 2.17. The number of unbranched alkanes of at least 4 members (excludes halogenated alkanes) is 39. The van der Waals surface area contributed by atoms with E-state index in [0.717, 1.165) is 96.3 Å². The minimum Gasteiger partial charge on any atom is -0.462 e. The highest BCUT2D eigenvalue weighted by atomic mass is 16.6. The molecule has 0 N–H and O–H groups in total. The molecule has 0 spiro atoms. The molecule has 0 fully saturated rings. The standard InChI is InChI=1S/C75H132O6/c1-4-7-10-13-16-19-22-25-28-31-34-36-37-39-41-44-47-50-53-56-59-62-65-68-74(77)80-71-72(70-79-73(76)67-64-61-58-55-52-49-46-43-40-33-30-27-24-21-18-15-12-9-6-3)81-75(78)69-66-63-60-57-54-51-48-45-42-38-35-32-29-26-23-20-17-14-11-8-5-2/h18,21-23,25-27,30-32,34-35,42,45,72H,4-17,19-20,24,28-29,33,36-41,43-44,46-71H2,1-3H3/b21-18-,25-22-,26-23-,30-27-,34-31-,35-32-,45-42-. The van der Waals surface area contributed by atoms with E-state index in [-0.39, 0.29) is 31.1 Å². The maximum Gasteiger partial charge on any atom is 0.306 e. The first-order valence-corrected chi connectivity index (χ1v) is 35.1. The van der Waals surface area contributed by atoms with Gasteiger partial charge < -0.3 is 14.2 Å². The van der Waals surface area contributed by atoms with Crippen LogP contribution in [0.4, 0.5) is 0 Å². The van der Waals surface area contributed by atoms with E-state index < -0.39 is 6.10 Å². The Balaban J connectivity index is 4.40. The van der Waals surface area contributed by atoms with Crippen LogP contribution in [0.5, 0.6) is 0 Å². The van der Waals surface area contributed by atoms with E-state index in [1.165, 1.54) is 218 Å². The van der Waals surface area contributed by atoms with Crippen LogP contribution in [0.3, 0.4) is 0 Å².